The largest absolute Gasteiger partial charge is 0.450 e. The molecular weight excluding hydrogens is 318 g/mol. The van der Waals surface area contributed by atoms with Gasteiger partial charge in [0, 0.05) is 42.1 Å². The molecule has 1 saturated heterocycles. The van der Waals surface area contributed by atoms with Gasteiger partial charge in [-0.15, -0.1) is 0 Å². The molecule has 1 aromatic heterocycles. The summed E-state index contributed by atoms with van der Waals surface area (Å²) in [6.45, 7) is 12.2. The zero-order valence-corrected chi connectivity index (χ0v) is 16.1. The van der Waals surface area contributed by atoms with Gasteiger partial charge in [-0.25, -0.2) is 4.79 Å². The van der Waals surface area contributed by atoms with Crippen molar-refractivity contribution >= 4 is 11.9 Å². The summed E-state index contributed by atoms with van der Waals surface area (Å²) in [6, 6.07) is 2.60. The molecule has 0 saturated carbocycles. The van der Waals surface area contributed by atoms with Gasteiger partial charge in [0.15, 0.2) is 5.78 Å². The van der Waals surface area contributed by atoms with Gasteiger partial charge >= 0.3 is 6.09 Å². The zero-order chi connectivity index (χ0) is 18.6. The highest BCUT2D eigenvalue weighted by Gasteiger charge is 2.24. The summed E-state index contributed by atoms with van der Waals surface area (Å²) in [4.78, 5) is 26.0. The Morgan fingerprint density at radius 1 is 1.28 bits per heavy atom. The maximum atomic E-state index is 12.6. The zero-order valence-electron chi connectivity index (χ0n) is 16.1. The number of carbonyl (C=O) groups is 2. The second-order valence-electron chi connectivity index (χ2n) is 7.01. The van der Waals surface area contributed by atoms with E-state index in [4.69, 9.17) is 4.74 Å². The SMILES string of the molecule is CCOC(=O)N1CCC(NCC(=O)c2cc(C)n(C(C)C)c2C)CC1. The Labute approximate surface area is 150 Å². The van der Waals surface area contributed by atoms with Crippen LogP contribution in [0.2, 0.25) is 0 Å². The molecule has 2 heterocycles. The highest BCUT2D eigenvalue weighted by molar-refractivity contribution is 5.99. The molecule has 1 aliphatic heterocycles. The van der Waals surface area contributed by atoms with Crippen LogP contribution in [0.3, 0.4) is 0 Å². The van der Waals surface area contributed by atoms with E-state index in [1.54, 1.807) is 4.90 Å². The van der Waals surface area contributed by atoms with E-state index >= 15 is 0 Å². The number of carbonyl (C=O) groups excluding carboxylic acids is 2. The molecule has 1 aromatic rings. The van der Waals surface area contributed by atoms with E-state index in [0.29, 0.717) is 32.3 Å². The second kappa shape index (κ2) is 8.52. The number of hydrogen-bond acceptors (Lipinski definition) is 4. The summed E-state index contributed by atoms with van der Waals surface area (Å²) in [6.07, 6.45) is 1.45. The van der Waals surface area contributed by atoms with E-state index < -0.39 is 0 Å². The van der Waals surface area contributed by atoms with Crippen molar-refractivity contribution in [1.82, 2.24) is 14.8 Å². The summed E-state index contributed by atoms with van der Waals surface area (Å²) in [5.41, 5.74) is 2.97. The maximum absolute atomic E-state index is 12.6. The van der Waals surface area contributed by atoms with Gasteiger partial charge in [0.1, 0.15) is 0 Å². The number of nitrogens with one attached hydrogen (secondary N) is 1. The van der Waals surface area contributed by atoms with Crippen LogP contribution in [0.4, 0.5) is 4.79 Å². The standard InChI is InChI=1S/C19H31N3O3/c1-6-25-19(24)21-9-7-16(8-10-21)20-12-18(23)17-11-14(4)22(13(2)3)15(17)5/h11,13,16,20H,6-10,12H2,1-5H3. The summed E-state index contributed by atoms with van der Waals surface area (Å²) >= 11 is 0. The molecule has 1 amide bonds. The lowest BCUT2D eigenvalue weighted by Crippen LogP contribution is -2.46. The molecule has 1 N–H and O–H groups in total. The third kappa shape index (κ3) is 4.63. The molecule has 0 aliphatic carbocycles. The van der Waals surface area contributed by atoms with E-state index in [9.17, 15) is 9.59 Å². The number of ketones is 1. The smallest absolute Gasteiger partial charge is 0.409 e. The Kier molecular flexibility index (Phi) is 6.64. The van der Waals surface area contributed by atoms with Crippen LogP contribution in [0, 0.1) is 13.8 Å². The van der Waals surface area contributed by atoms with Crippen LogP contribution in [-0.4, -0.2) is 53.6 Å². The lowest BCUT2D eigenvalue weighted by atomic mass is 10.0. The first-order valence-corrected chi connectivity index (χ1v) is 9.21. The number of Topliss-reactive ketones (excluding diaryl/α,β-unsaturated/α-hetero) is 1. The summed E-state index contributed by atoms with van der Waals surface area (Å²) in [7, 11) is 0. The Balaban J connectivity index is 1.86. The molecule has 0 radical (unpaired) electrons. The molecule has 0 aromatic carbocycles. The number of amides is 1. The maximum Gasteiger partial charge on any atom is 0.409 e. The number of piperidine rings is 1. The monoisotopic (exact) mass is 349 g/mol. The lowest BCUT2D eigenvalue weighted by molar-refractivity contribution is 0.0913. The van der Waals surface area contributed by atoms with Gasteiger partial charge in [-0.3, -0.25) is 4.79 Å². The molecule has 2 rings (SSSR count). The minimum Gasteiger partial charge on any atom is -0.450 e. The van der Waals surface area contributed by atoms with Crippen molar-refractivity contribution in [1.29, 1.82) is 0 Å². The van der Waals surface area contributed by atoms with E-state index in [1.165, 1.54) is 0 Å². The highest BCUT2D eigenvalue weighted by atomic mass is 16.6. The average molecular weight is 349 g/mol. The fraction of sp³-hybridized carbons (Fsp3) is 0.684. The predicted octanol–water partition coefficient (Wildman–Crippen LogP) is 3.08. The quantitative estimate of drug-likeness (QED) is 0.802. The molecule has 1 aliphatic rings. The topological polar surface area (TPSA) is 63.6 Å². The van der Waals surface area contributed by atoms with E-state index in [1.807, 2.05) is 26.8 Å². The van der Waals surface area contributed by atoms with Crippen LogP contribution in [0.15, 0.2) is 6.07 Å². The first-order valence-electron chi connectivity index (χ1n) is 9.21. The first kappa shape index (κ1) is 19.5. The third-order valence-corrected chi connectivity index (χ3v) is 4.87. The Bertz CT molecular complexity index is 614. The van der Waals surface area contributed by atoms with Crippen molar-refractivity contribution in [2.75, 3.05) is 26.2 Å². The van der Waals surface area contributed by atoms with Crippen LogP contribution in [0.5, 0.6) is 0 Å². The van der Waals surface area contributed by atoms with Crippen molar-refractivity contribution in [2.24, 2.45) is 0 Å². The fourth-order valence-corrected chi connectivity index (χ4v) is 3.67. The number of nitrogens with zero attached hydrogens (tertiary/aromatic N) is 2. The van der Waals surface area contributed by atoms with Crippen molar-refractivity contribution in [3.8, 4) is 0 Å². The van der Waals surface area contributed by atoms with Gasteiger partial charge in [0.2, 0.25) is 0 Å². The summed E-state index contributed by atoms with van der Waals surface area (Å²) < 4.78 is 7.23. The summed E-state index contributed by atoms with van der Waals surface area (Å²) in [5.74, 6) is 0.132. The second-order valence-corrected chi connectivity index (χ2v) is 7.01. The average Bonchev–Trinajstić information content (AvgIpc) is 2.88. The minimum absolute atomic E-state index is 0.132. The normalized spacial score (nSPS) is 15.7. The molecule has 25 heavy (non-hydrogen) atoms. The van der Waals surface area contributed by atoms with Crippen LogP contribution in [0.25, 0.3) is 0 Å². The minimum atomic E-state index is -0.238. The molecule has 140 valence electrons. The number of likely N-dealkylation sites (tertiary alicyclic amines) is 1. The highest BCUT2D eigenvalue weighted by Crippen LogP contribution is 2.20. The Morgan fingerprint density at radius 2 is 1.92 bits per heavy atom. The molecule has 0 bridgehead atoms. The van der Waals surface area contributed by atoms with E-state index in [-0.39, 0.29) is 17.9 Å². The van der Waals surface area contributed by atoms with E-state index in [0.717, 1.165) is 29.8 Å². The Morgan fingerprint density at radius 3 is 2.44 bits per heavy atom. The fourth-order valence-electron chi connectivity index (χ4n) is 3.67. The van der Waals surface area contributed by atoms with Crippen LogP contribution in [0.1, 0.15) is 61.4 Å². The van der Waals surface area contributed by atoms with Gasteiger partial charge in [-0.05, 0) is 53.5 Å². The Hall–Kier alpha value is -1.82. The predicted molar refractivity (Wildman–Crippen MR) is 98.2 cm³/mol. The molecular formula is C19H31N3O3. The molecule has 0 atom stereocenters. The molecule has 0 unspecified atom stereocenters. The molecule has 6 nitrogen and oxygen atoms in total. The molecule has 0 spiro atoms. The number of hydrogen-bond donors (Lipinski definition) is 1. The van der Waals surface area contributed by atoms with Crippen LogP contribution in [-0.2, 0) is 4.74 Å². The van der Waals surface area contributed by atoms with Gasteiger partial charge < -0.3 is 19.5 Å². The van der Waals surface area contributed by atoms with E-state index in [2.05, 4.69) is 23.7 Å². The third-order valence-electron chi connectivity index (χ3n) is 4.87. The number of rotatable bonds is 6. The van der Waals surface area contributed by atoms with Crippen molar-refractivity contribution < 1.29 is 14.3 Å². The lowest BCUT2D eigenvalue weighted by Gasteiger charge is -2.31. The first-order chi connectivity index (χ1) is 11.8. The van der Waals surface area contributed by atoms with Gasteiger partial charge in [-0.1, -0.05) is 0 Å². The number of ether oxygens (including phenoxy) is 1. The van der Waals surface area contributed by atoms with Crippen molar-refractivity contribution in [2.45, 2.75) is 59.5 Å². The van der Waals surface area contributed by atoms with Gasteiger partial charge in [0.25, 0.3) is 0 Å². The van der Waals surface area contributed by atoms with Crippen LogP contribution < -0.4 is 5.32 Å². The summed E-state index contributed by atoms with van der Waals surface area (Å²) in [5, 5.41) is 3.36. The number of aryl methyl sites for hydroxylation is 1. The molecule has 6 heteroatoms. The van der Waals surface area contributed by atoms with Crippen molar-refractivity contribution in [3.63, 3.8) is 0 Å². The van der Waals surface area contributed by atoms with Crippen LogP contribution >= 0.6 is 0 Å². The number of aromatic nitrogens is 1. The van der Waals surface area contributed by atoms with Crippen molar-refractivity contribution in [3.05, 3.63) is 23.0 Å². The van der Waals surface area contributed by atoms with Gasteiger partial charge in [-0.2, -0.15) is 0 Å². The molecule has 1 fully saturated rings. The van der Waals surface area contributed by atoms with Gasteiger partial charge in [0.05, 0.1) is 13.2 Å².